The van der Waals surface area contributed by atoms with Crippen LogP contribution in [0, 0.1) is 6.92 Å². The molecule has 3 N–H and O–H groups in total. The van der Waals surface area contributed by atoms with Crippen LogP contribution in [0.3, 0.4) is 0 Å². The van der Waals surface area contributed by atoms with E-state index in [-0.39, 0.29) is 13.2 Å². The van der Waals surface area contributed by atoms with Crippen molar-refractivity contribution in [2.75, 3.05) is 13.2 Å². The fraction of sp³-hybridized carbons (Fsp3) is 0.600. The van der Waals surface area contributed by atoms with Gasteiger partial charge in [-0.05, 0) is 6.92 Å². The van der Waals surface area contributed by atoms with Crippen LogP contribution in [0.2, 0.25) is 0 Å². The van der Waals surface area contributed by atoms with E-state index in [2.05, 4.69) is 4.98 Å². The van der Waals surface area contributed by atoms with E-state index in [1.165, 1.54) is 10.8 Å². The number of aromatic nitrogens is 2. The van der Waals surface area contributed by atoms with Crippen LogP contribution in [-0.4, -0.2) is 45.2 Å². The van der Waals surface area contributed by atoms with E-state index in [0.29, 0.717) is 5.56 Å². The molecule has 1 aromatic rings. The second-order valence-electron chi connectivity index (χ2n) is 4.09. The van der Waals surface area contributed by atoms with Gasteiger partial charge in [0, 0.05) is 11.8 Å². The number of rotatable bonds is 2. The van der Waals surface area contributed by atoms with Crippen molar-refractivity contribution in [3.05, 3.63) is 32.6 Å². The fourth-order valence-corrected chi connectivity index (χ4v) is 2.00. The monoisotopic (exact) mass is 242 g/mol. The van der Waals surface area contributed by atoms with E-state index >= 15 is 0 Å². The molecule has 0 amide bonds. The molecule has 94 valence electrons. The predicted molar refractivity (Wildman–Crippen MR) is 57.9 cm³/mol. The first-order valence-electron chi connectivity index (χ1n) is 5.27. The van der Waals surface area contributed by atoms with Crippen LogP contribution in [0.1, 0.15) is 11.6 Å². The minimum Gasteiger partial charge on any atom is -0.394 e. The quantitative estimate of drug-likeness (QED) is 0.564. The molecule has 0 radical (unpaired) electrons. The molecular weight excluding hydrogens is 228 g/mol. The first-order chi connectivity index (χ1) is 8.04. The molecule has 17 heavy (non-hydrogen) atoms. The van der Waals surface area contributed by atoms with E-state index in [9.17, 15) is 14.7 Å². The maximum absolute atomic E-state index is 11.6. The molecular formula is C10H14N2O5. The Labute approximate surface area is 96.3 Å². The number of aromatic amines is 1. The normalized spacial score (nSPS) is 28.5. The van der Waals surface area contributed by atoms with Gasteiger partial charge in [-0.25, -0.2) is 4.79 Å². The molecule has 3 atom stereocenters. The molecule has 0 aliphatic carbocycles. The number of nitrogens with one attached hydrogen (secondary N) is 1. The van der Waals surface area contributed by atoms with Crippen molar-refractivity contribution in [3.8, 4) is 0 Å². The van der Waals surface area contributed by atoms with Gasteiger partial charge in [0.2, 0.25) is 0 Å². The number of ether oxygens (including phenoxy) is 1. The zero-order chi connectivity index (χ0) is 12.6. The first-order valence-corrected chi connectivity index (χ1v) is 5.27. The summed E-state index contributed by atoms with van der Waals surface area (Å²) in [7, 11) is 0. The summed E-state index contributed by atoms with van der Waals surface area (Å²) in [6, 6.07) is -0.678. The molecule has 1 aliphatic rings. The summed E-state index contributed by atoms with van der Waals surface area (Å²) in [6.07, 6.45) is -0.157. The zero-order valence-electron chi connectivity index (χ0n) is 9.29. The number of hydrogen-bond donors (Lipinski definition) is 3. The second kappa shape index (κ2) is 4.44. The molecule has 7 heteroatoms. The predicted octanol–water partition coefficient (Wildman–Crippen LogP) is -1.86. The lowest BCUT2D eigenvalue weighted by molar-refractivity contribution is 0.0407. The van der Waals surface area contributed by atoms with Crippen LogP contribution >= 0.6 is 0 Å². The molecule has 0 spiro atoms. The Bertz CT molecular complexity index is 520. The molecule has 0 saturated carbocycles. The summed E-state index contributed by atoms with van der Waals surface area (Å²) in [6.45, 7) is 1.32. The summed E-state index contributed by atoms with van der Waals surface area (Å²) < 4.78 is 6.36. The maximum Gasteiger partial charge on any atom is 0.328 e. The first kappa shape index (κ1) is 12.0. The summed E-state index contributed by atoms with van der Waals surface area (Å²) in [4.78, 5) is 25.0. The largest absolute Gasteiger partial charge is 0.394 e. The molecule has 1 unspecified atom stereocenters. The van der Waals surface area contributed by atoms with Crippen LogP contribution in [-0.2, 0) is 4.74 Å². The van der Waals surface area contributed by atoms with Gasteiger partial charge in [0.25, 0.3) is 5.56 Å². The van der Waals surface area contributed by atoms with Crippen molar-refractivity contribution in [1.82, 2.24) is 9.55 Å². The summed E-state index contributed by atoms with van der Waals surface area (Å²) in [5, 5.41) is 18.8. The van der Waals surface area contributed by atoms with Crippen molar-refractivity contribution < 1.29 is 14.9 Å². The van der Waals surface area contributed by atoms with Gasteiger partial charge in [0.15, 0.2) is 0 Å². The average molecular weight is 242 g/mol. The molecule has 2 heterocycles. The van der Waals surface area contributed by atoms with Gasteiger partial charge in [0.1, 0.15) is 12.2 Å². The van der Waals surface area contributed by atoms with Gasteiger partial charge in [-0.3, -0.25) is 14.3 Å². The Kier molecular flexibility index (Phi) is 3.14. The third-order valence-electron chi connectivity index (χ3n) is 2.90. The number of nitrogens with zero attached hydrogens (tertiary/aromatic N) is 1. The standard InChI is InChI=1S/C10H14N2O5/c1-5-2-12(10(16)11-9(5)15)8-6(14)4-17-7(8)3-13/h2,6-8,13-14H,3-4H2,1H3,(H,11,15,16)/t6-,7?,8+/m1/s1. The van der Waals surface area contributed by atoms with Gasteiger partial charge in [-0.2, -0.15) is 0 Å². The average Bonchev–Trinajstić information content (AvgIpc) is 2.65. The van der Waals surface area contributed by atoms with Crippen molar-refractivity contribution in [2.45, 2.75) is 25.2 Å². The lowest BCUT2D eigenvalue weighted by Gasteiger charge is -2.21. The second-order valence-corrected chi connectivity index (χ2v) is 4.09. The van der Waals surface area contributed by atoms with Crippen LogP contribution in [0.15, 0.2) is 15.8 Å². The van der Waals surface area contributed by atoms with Crippen LogP contribution in [0.25, 0.3) is 0 Å². The van der Waals surface area contributed by atoms with Crippen molar-refractivity contribution >= 4 is 0 Å². The number of aliphatic hydroxyl groups is 2. The number of aliphatic hydroxyl groups excluding tert-OH is 2. The third-order valence-corrected chi connectivity index (χ3v) is 2.90. The molecule has 0 bridgehead atoms. The lowest BCUT2D eigenvalue weighted by Crippen LogP contribution is -2.40. The Hall–Kier alpha value is -1.44. The van der Waals surface area contributed by atoms with Crippen molar-refractivity contribution in [2.24, 2.45) is 0 Å². The number of aryl methyl sites for hydroxylation is 1. The maximum atomic E-state index is 11.6. The zero-order valence-corrected chi connectivity index (χ0v) is 9.29. The minimum atomic E-state index is -0.879. The number of H-pyrrole nitrogens is 1. The van der Waals surface area contributed by atoms with E-state index in [1.54, 1.807) is 6.92 Å². The molecule has 1 aromatic heterocycles. The smallest absolute Gasteiger partial charge is 0.328 e. The van der Waals surface area contributed by atoms with E-state index in [0.717, 1.165) is 0 Å². The molecule has 7 nitrogen and oxygen atoms in total. The fourth-order valence-electron chi connectivity index (χ4n) is 2.00. The highest BCUT2D eigenvalue weighted by Gasteiger charge is 2.37. The van der Waals surface area contributed by atoms with Gasteiger partial charge in [-0.15, -0.1) is 0 Å². The summed E-state index contributed by atoms with van der Waals surface area (Å²) in [5.74, 6) is 0. The minimum absolute atomic E-state index is 0.0561. The topological polar surface area (TPSA) is 105 Å². The van der Waals surface area contributed by atoms with E-state index < -0.39 is 29.5 Å². The molecule has 1 aliphatic heterocycles. The number of hydrogen-bond acceptors (Lipinski definition) is 5. The van der Waals surface area contributed by atoms with E-state index in [4.69, 9.17) is 9.84 Å². The summed E-state index contributed by atoms with van der Waals surface area (Å²) >= 11 is 0. The van der Waals surface area contributed by atoms with Crippen molar-refractivity contribution in [1.29, 1.82) is 0 Å². The highest BCUT2D eigenvalue weighted by molar-refractivity contribution is 5.04. The lowest BCUT2D eigenvalue weighted by atomic mass is 10.1. The van der Waals surface area contributed by atoms with Gasteiger partial charge in [0.05, 0.1) is 19.3 Å². The third kappa shape index (κ3) is 2.04. The van der Waals surface area contributed by atoms with Crippen LogP contribution in [0.4, 0.5) is 0 Å². The Balaban J connectivity index is 2.49. The molecule has 2 rings (SSSR count). The highest BCUT2D eigenvalue weighted by atomic mass is 16.5. The molecule has 0 aromatic carbocycles. The van der Waals surface area contributed by atoms with Gasteiger partial charge in [-0.1, -0.05) is 0 Å². The Morgan fingerprint density at radius 3 is 2.94 bits per heavy atom. The van der Waals surface area contributed by atoms with Gasteiger partial charge < -0.3 is 14.9 Å². The Morgan fingerprint density at radius 2 is 2.29 bits per heavy atom. The Morgan fingerprint density at radius 1 is 1.59 bits per heavy atom. The molecule has 1 fully saturated rings. The van der Waals surface area contributed by atoms with E-state index in [1.807, 2.05) is 0 Å². The SMILES string of the molecule is Cc1cn([C@@H]2C(CO)OC[C@H]2O)c(=O)[nH]c1=O. The molecule has 1 saturated heterocycles. The van der Waals surface area contributed by atoms with Crippen LogP contribution in [0.5, 0.6) is 0 Å². The van der Waals surface area contributed by atoms with Crippen LogP contribution < -0.4 is 11.2 Å². The highest BCUT2D eigenvalue weighted by Crippen LogP contribution is 2.24. The van der Waals surface area contributed by atoms with Gasteiger partial charge >= 0.3 is 5.69 Å². The van der Waals surface area contributed by atoms with Crippen molar-refractivity contribution in [3.63, 3.8) is 0 Å². The summed E-state index contributed by atoms with van der Waals surface area (Å²) in [5.41, 5.74) is -0.714.